The van der Waals surface area contributed by atoms with Crippen molar-refractivity contribution in [1.29, 1.82) is 0 Å². The van der Waals surface area contributed by atoms with Gasteiger partial charge in [0.25, 0.3) is 5.91 Å². The van der Waals surface area contributed by atoms with Crippen LogP contribution in [0.2, 0.25) is 0 Å². The van der Waals surface area contributed by atoms with Gasteiger partial charge in [0.2, 0.25) is 23.3 Å². The van der Waals surface area contributed by atoms with Crippen LogP contribution >= 0.6 is 0 Å². The molecule has 1 aliphatic rings. The summed E-state index contributed by atoms with van der Waals surface area (Å²) in [5.41, 5.74) is 0.692. The van der Waals surface area contributed by atoms with Gasteiger partial charge in [0.05, 0.1) is 27.5 Å². The lowest BCUT2D eigenvalue weighted by Gasteiger charge is -2.29. The molecule has 0 bridgehead atoms. The maximum atomic E-state index is 13.6. The second kappa shape index (κ2) is 15.1. The first-order valence-electron chi connectivity index (χ1n) is 13.9. The van der Waals surface area contributed by atoms with Crippen LogP contribution in [-0.4, -0.2) is 56.3 Å². The lowest BCUT2D eigenvalue weighted by molar-refractivity contribution is -0.131. The van der Waals surface area contributed by atoms with Crippen molar-refractivity contribution >= 4 is 17.7 Å². The average Bonchev–Trinajstić information content (AvgIpc) is 3.53. The first-order chi connectivity index (χ1) is 19.3. The molecule has 1 saturated carbocycles. The molecule has 0 aliphatic heterocycles. The maximum Gasteiger partial charge on any atom is 0.290 e. The number of nitrogens with one attached hydrogen (secondary N) is 3. The molecule has 11 nitrogen and oxygen atoms in total. The van der Waals surface area contributed by atoms with E-state index in [2.05, 4.69) is 21.1 Å². The second-order valence-electron chi connectivity index (χ2n) is 10.2. The summed E-state index contributed by atoms with van der Waals surface area (Å²) in [6, 6.07) is 3.36. The molecule has 0 saturated heterocycles. The highest BCUT2D eigenvalue weighted by Gasteiger charge is 2.32. The zero-order valence-electron chi connectivity index (χ0n) is 24.1. The minimum atomic E-state index is -0.814. The van der Waals surface area contributed by atoms with E-state index in [9.17, 15) is 14.4 Å². The topological polar surface area (TPSA) is 141 Å². The summed E-state index contributed by atoms with van der Waals surface area (Å²) >= 11 is 0. The number of aromatic nitrogens is 1. The van der Waals surface area contributed by atoms with Crippen LogP contribution in [0.3, 0.4) is 0 Å². The average molecular weight is 559 g/mol. The fourth-order valence-corrected chi connectivity index (χ4v) is 5.10. The number of carbonyl (C=O) groups is 3. The smallest absolute Gasteiger partial charge is 0.290 e. The predicted octanol–water partition coefficient (Wildman–Crippen LogP) is 3.62. The van der Waals surface area contributed by atoms with Gasteiger partial charge in [-0.15, -0.1) is 0 Å². The Bertz CT molecular complexity index is 1120. The van der Waals surface area contributed by atoms with E-state index in [1.807, 2.05) is 13.8 Å². The lowest BCUT2D eigenvalue weighted by Crippen LogP contribution is -2.56. The molecule has 0 spiro atoms. The van der Waals surface area contributed by atoms with E-state index >= 15 is 0 Å². The largest absolute Gasteiger partial charge is 0.493 e. The molecule has 220 valence electrons. The van der Waals surface area contributed by atoms with E-state index in [1.54, 1.807) is 12.1 Å². The maximum absolute atomic E-state index is 13.6. The zero-order valence-corrected chi connectivity index (χ0v) is 24.1. The molecule has 0 unspecified atom stereocenters. The monoisotopic (exact) mass is 558 g/mol. The van der Waals surface area contributed by atoms with Gasteiger partial charge >= 0.3 is 0 Å². The Hall–Kier alpha value is -3.76. The molecule has 3 N–H and O–H groups in total. The van der Waals surface area contributed by atoms with Crippen LogP contribution in [0.1, 0.15) is 74.9 Å². The van der Waals surface area contributed by atoms with Crippen molar-refractivity contribution in [2.75, 3.05) is 21.3 Å². The van der Waals surface area contributed by atoms with Gasteiger partial charge in [-0.1, -0.05) is 57.5 Å². The van der Waals surface area contributed by atoms with Crippen LogP contribution in [0.25, 0.3) is 0 Å². The van der Waals surface area contributed by atoms with Crippen LogP contribution in [0.15, 0.2) is 28.9 Å². The molecule has 1 heterocycles. The van der Waals surface area contributed by atoms with Gasteiger partial charge in [-0.3, -0.25) is 14.4 Å². The van der Waals surface area contributed by atoms with E-state index in [4.69, 9.17) is 18.7 Å². The van der Waals surface area contributed by atoms with Crippen molar-refractivity contribution in [3.8, 4) is 17.2 Å². The summed E-state index contributed by atoms with van der Waals surface area (Å²) in [5, 5.41) is 12.2. The molecule has 1 fully saturated rings. The van der Waals surface area contributed by atoms with Crippen molar-refractivity contribution in [3.63, 3.8) is 0 Å². The van der Waals surface area contributed by atoms with E-state index in [0.29, 0.717) is 41.6 Å². The number of hydrogen-bond donors (Lipinski definition) is 3. The SMILES string of the molecule is CC[C@H](C)[C@H](NC(=O)[C@H](CC1CCCCC1)NC(=O)c1ccno1)C(=O)NCc1ccc(OC)c(OC)c1OC. The standard InChI is InChI=1S/C29H42N4O7/c1-6-18(2)24(29(36)30-17-20-12-13-22(37-3)26(39-5)25(20)38-4)33-27(34)21(16-19-10-8-7-9-11-19)32-28(35)23-14-15-31-40-23/h12-15,18-19,21,24H,6-11,16-17H2,1-5H3,(H,30,36)(H,32,35)(H,33,34)/t18-,21-,24-/m0/s1. The van der Waals surface area contributed by atoms with Crippen LogP contribution in [0.4, 0.5) is 0 Å². The van der Waals surface area contributed by atoms with Crippen molar-refractivity contribution in [2.24, 2.45) is 11.8 Å². The molecule has 1 aromatic carbocycles. The Labute approximate surface area is 235 Å². The fourth-order valence-electron chi connectivity index (χ4n) is 5.10. The molecule has 3 atom stereocenters. The third-order valence-corrected chi connectivity index (χ3v) is 7.61. The molecule has 11 heteroatoms. The highest BCUT2D eigenvalue weighted by atomic mass is 16.5. The van der Waals surface area contributed by atoms with Gasteiger partial charge in [-0.2, -0.15) is 0 Å². The quantitative estimate of drug-likeness (QED) is 0.319. The third-order valence-electron chi connectivity index (χ3n) is 7.61. The highest BCUT2D eigenvalue weighted by Crippen LogP contribution is 2.39. The fraction of sp³-hybridized carbons (Fsp3) is 0.586. The number of methoxy groups -OCH3 is 3. The molecule has 3 rings (SSSR count). The van der Waals surface area contributed by atoms with E-state index < -0.39 is 23.9 Å². The van der Waals surface area contributed by atoms with E-state index in [0.717, 1.165) is 25.7 Å². The van der Waals surface area contributed by atoms with Gasteiger partial charge in [0, 0.05) is 18.2 Å². The minimum absolute atomic E-state index is 0.0292. The molecule has 3 amide bonds. The van der Waals surface area contributed by atoms with Crippen molar-refractivity contribution in [3.05, 3.63) is 35.7 Å². The van der Waals surface area contributed by atoms with Crippen molar-refractivity contribution in [1.82, 2.24) is 21.1 Å². The first-order valence-corrected chi connectivity index (χ1v) is 13.9. The Balaban J connectivity index is 1.74. The number of nitrogens with zero attached hydrogens (tertiary/aromatic N) is 1. The summed E-state index contributed by atoms with van der Waals surface area (Å²) in [7, 11) is 4.57. The van der Waals surface area contributed by atoms with Gasteiger partial charge in [-0.05, 0) is 30.4 Å². The first kappa shape index (κ1) is 30.8. The van der Waals surface area contributed by atoms with Crippen LogP contribution in [0, 0.1) is 11.8 Å². The Morgan fingerprint density at radius 1 is 0.975 bits per heavy atom. The predicted molar refractivity (Wildman–Crippen MR) is 148 cm³/mol. The molecule has 0 radical (unpaired) electrons. The van der Waals surface area contributed by atoms with Crippen LogP contribution in [-0.2, 0) is 16.1 Å². The van der Waals surface area contributed by atoms with Crippen molar-refractivity contribution < 1.29 is 33.1 Å². The minimum Gasteiger partial charge on any atom is -0.493 e. The van der Waals surface area contributed by atoms with Gasteiger partial charge in [-0.25, -0.2) is 0 Å². The molecule has 40 heavy (non-hydrogen) atoms. The Morgan fingerprint density at radius 3 is 2.30 bits per heavy atom. The Morgan fingerprint density at radius 2 is 1.70 bits per heavy atom. The summed E-state index contributed by atoms with van der Waals surface area (Å²) in [5.74, 6) is 0.325. The van der Waals surface area contributed by atoms with Gasteiger partial charge in [0.15, 0.2) is 11.5 Å². The zero-order chi connectivity index (χ0) is 29.1. The van der Waals surface area contributed by atoms with Crippen molar-refractivity contribution in [2.45, 2.75) is 77.4 Å². The van der Waals surface area contributed by atoms with E-state index in [1.165, 1.54) is 40.0 Å². The summed E-state index contributed by atoms with van der Waals surface area (Å²) in [6.45, 7) is 4.02. The Kier molecular flexibility index (Phi) is 11.6. The number of amides is 3. The summed E-state index contributed by atoms with van der Waals surface area (Å²) in [4.78, 5) is 39.8. The lowest BCUT2D eigenvalue weighted by atomic mass is 9.84. The number of benzene rings is 1. The molecular formula is C29H42N4O7. The van der Waals surface area contributed by atoms with Gasteiger partial charge in [0.1, 0.15) is 12.1 Å². The van der Waals surface area contributed by atoms with E-state index in [-0.39, 0.29) is 24.1 Å². The molecule has 1 aliphatic carbocycles. The van der Waals surface area contributed by atoms with Crippen LogP contribution in [0.5, 0.6) is 17.2 Å². The highest BCUT2D eigenvalue weighted by molar-refractivity contribution is 5.96. The molecular weight excluding hydrogens is 516 g/mol. The number of rotatable bonds is 14. The second-order valence-corrected chi connectivity index (χ2v) is 10.2. The molecule has 2 aromatic rings. The summed E-state index contributed by atoms with van der Waals surface area (Å²) in [6.07, 6.45) is 7.92. The normalized spacial score (nSPS) is 15.8. The molecule has 1 aromatic heterocycles. The summed E-state index contributed by atoms with van der Waals surface area (Å²) < 4.78 is 21.3. The number of carbonyl (C=O) groups excluding carboxylic acids is 3. The van der Waals surface area contributed by atoms with Gasteiger partial charge < -0.3 is 34.7 Å². The van der Waals surface area contributed by atoms with Crippen LogP contribution < -0.4 is 30.2 Å². The number of ether oxygens (including phenoxy) is 3. The number of hydrogen-bond acceptors (Lipinski definition) is 8. The third kappa shape index (κ3) is 7.89.